The van der Waals surface area contributed by atoms with Crippen molar-refractivity contribution < 1.29 is 20.1 Å². The number of halogens is 1. The lowest BCUT2D eigenvalue weighted by atomic mass is 9.48. The van der Waals surface area contributed by atoms with Crippen molar-refractivity contribution in [3.8, 4) is 11.5 Å². The van der Waals surface area contributed by atoms with Crippen LogP contribution in [-0.2, 0) is 11.8 Å². The van der Waals surface area contributed by atoms with Crippen molar-refractivity contribution in [3.05, 3.63) is 35.9 Å². The third-order valence-corrected chi connectivity index (χ3v) is 6.91. The Labute approximate surface area is 153 Å². The first-order valence-corrected chi connectivity index (χ1v) is 8.80. The molecule has 1 aromatic rings. The summed E-state index contributed by atoms with van der Waals surface area (Å²) < 4.78 is 6.08. The first kappa shape index (κ1) is 17.2. The van der Waals surface area contributed by atoms with E-state index in [4.69, 9.17) is 4.74 Å². The lowest BCUT2D eigenvalue weighted by molar-refractivity contribution is -0.206. The minimum Gasteiger partial charge on any atom is -0.504 e. The van der Waals surface area contributed by atoms with Crippen LogP contribution in [0, 0.1) is 0 Å². The van der Waals surface area contributed by atoms with Gasteiger partial charge in [-0.3, -0.25) is 4.90 Å². The van der Waals surface area contributed by atoms with Crippen LogP contribution in [0.2, 0.25) is 0 Å². The summed E-state index contributed by atoms with van der Waals surface area (Å²) in [7, 11) is 0. The van der Waals surface area contributed by atoms with Gasteiger partial charge in [0.15, 0.2) is 11.5 Å². The lowest BCUT2D eigenvalue weighted by Crippen LogP contribution is -2.77. The average Bonchev–Trinajstić information content (AvgIpc) is 2.91. The topological polar surface area (TPSA) is 73.2 Å². The number of piperidine rings is 1. The molecule has 2 bridgehead atoms. The molecule has 0 radical (unpaired) electrons. The van der Waals surface area contributed by atoms with Gasteiger partial charge >= 0.3 is 0 Å². The number of phenolic OH excluding ortho intramolecular Hbond substituents is 1. The smallest absolute Gasteiger partial charge is 0.165 e. The second-order valence-corrected chi connectivity index (χ2v) is 7.74. The number of ether oxygens (including phenoxy) is 1. The van der Waals surface area contributed by atoms with E-state index < -0.39 is 23.2 Å². The Hall–Kier alpha value is -1.27. The van der Waals surface area contributed by atoms with Crippen LogP contribution in [0.25, 0.3) is 0 Å². The van der Waals surface area contributed by atoms with Gasteiger partial charge < -0.3 is 20.1 Å². The van der Waals surface area contributed by atoms with Crippen LogP contribution in [0.1, 0.15) is 30.4 Å². The highest BCUT2D eigenvalue weighted by molar-refractivity contribution is 5.85. The van der Waals surface area contributed by atoms with Gasteiger partial charge in [-0.1, -0.05) is 12.1 Å². The van der Waals surface area contributed by atoms with Crippen LogP contribution in [0.3, 0.4) is 0 Å². The van der Waals surface area contributed by atoms with Crippen LogP contribution in [-0.4, -0.2) is 57.2 Å². The summed E-state index contributed by atoms with van der Waals surface area (Å²) in [6.07, 6.45) is 3.33. The van der Waals surface area contributed by atoms with E-state index in [1.165, 1.54) is 0 Å². The van der Waals surface area contributed by atoms with Gasteiger partial charge in [-0.2, -0.15) is 0 Å². The minimum absolute atomic E-state index is 0. The standard InChI is InChI=1S/C19H23NO4.ClH/c1-2-8-20-9-7-18-15-11-3-4-12(21)16(15)24-17(18)13(22)5-6-19(18,23)14(20)10-11;/h2-4,13-14,17,21-23H,1,5-10H2;1H/t13-,14+,17-,18-,19+;/m0./s1. The van der Waals surface area contributed by atoms with Gasteiger partial charge in [0, 0.05) is 18.2 Å². The predicted octanol–water partition coefficient (Wildman–Crippen LogP) is 1.51. The van der Waals surface area contributed by atoms with Gasteiger partial charge in [0.2, 0.25) is 0 Å². The number of likely N-dealkylation sites (tertiary alicyclic amines) is 1. The number of nitrogens with zero attached hydrogens (tertiary/aromatic N) is 1. The molecule has 1 spiro atoms. The van der Waals surface area contributed by atoms with E-state index in [1.807, 2.05) is 12.1 Å². The monoisotopic (exact) mass is 365 g/mol. The van der Waals surface area contributed by atoms with Gasteiger partial charge in [0.05, 0.1) is 17.1 Å². The molecule has 1 saturated carbocycles. The van der Waals surface area contributed by atoms with Gasteiger partial charge in [0.25, 0.3) is 0 Å². The Bertz CT molecular complexity index is 740. The molecule has 5 atom stereocenters. The largest absolute Gasteiger partial charge is 0.504 e. The molecule has 0 amide bonds. The fraction of sp³-hybridized carbons (Fsp3) is 0.579. The van der Waals surface area contributed by atoms with Crippen LogP contribution < -0.4 is 4.74 Å². The highest BCUT2D eigenvalue weighted by atomic mass is 35.5. The van der Waals surface area contributed by atoms with E-state index in [9.17, 15) is 15.3 Å². The SMILES string of the molecule is C=CCN1CC[C@]23c4c5ccc(O)c4O[C@H]2[C@@H](O)CC[C@@]3(O)[C@H]1C5.Cl. The molecule has 2 aliphatic carbocycles. The van der Waals surface area contributed by atoms with Crippen molar-refractivity contribution in [2.75, 3.05) is 13.1 Å². The first-order chi connectivity index (χ1) is 11.5. The molecule has 2 heterocycles. The highest BCUT2D eigenvalue weighted by Gasteiger charge is 2.72. The van der Waals surface area contributed by atoms with Crippen LogP contribution in [0.4, 0.5) is 0 Å². The first-order valence-electron chi connectivity index (χ1n) is 8.80. The lowest BCUT2D eigenvalue weighted by Gasteiger charge is -2.63. The summed E-state index contributed by atoms with van der Waals surface area (Å²) in [6, 6.07) is 3.62. The zero-order valence-corrected chi connectivity index (χ0v) is 14.8. The fourth-order valence-corrected chi connectivity index (χ4v) is 5.99. The Kier molecular flexibility index (Phi) is 3.68. The number of phenols is 1. The number of aromatic hydroxyl groups is 1. The molecule has 5 rings (SSSR count). The van der Waals surface area contributed by atoms with Crippen molar-refractivity contribution in [3.63, 3.8) is 0 Å². The molecule has 5 nitrogen and oxygen atoms in total. The summed E-state index contributed by atoms with van der Waals surface area (Å²) in [5.74, 6) is 0.589. The van der Waals surface area contributed by atoms with Crippen molar-refractivity contribution in [1.82, 2.24) is 4.90 Å². The zero-order chi connectivity index (χ0) is 16.7. The number of aliphatic hydroxyl groups excluding tert-OH is 1. The van der Waals surface area contributed by atoms with Gasteiger partial charge in [-0.15, -0.1) is 19.0 Å². The second-order valence-electron chi connectivity index (χ2n) is 7.74. The summed E-state index contributed by atoms with van der Waals surface area (Å²) >= 11 is 0. The number of benzene rings is 1. The summed E-state index contributed by atoms with van der Waals surface area (Å²) in [5, 5.41) is 32.8. The fourth-order valence-electron chi connectivity index (χ4n) is 5.99. The van der Waals surface area contributed by atoms with Crippen LogP contribution in [0.5, 0.6) is 11.5 Å². The molecule has 6 heteroatoms. The zero-order valence-electron chi connectivity index (χ0n) is 14.0. The normalized spacial score (nSPS) is 40.6. The number of rotatable bonds is 2. The van der Waals surface area contributed by atoms with Crippen molar-refractivity contribution in [2.24, 2.45) is 0 Å². The van der Waals surface area contributed by atoms with E-state index in [-0.39, 0.29) is 24.2 Å². The Morgan fingerprint density at radius 3 is 2.92 bits per heavy atom. The van der Waals surface area contributed by atoms with E-state index >= 15 is 0 Å². The average molecular weight is 366 g/mol. The predicted molar refractivity (Wildman–Crippen MR) is 95.5 cm³/mol. The third-order valence-electron chi connectivity index (χ3n) is 6.91. The molecular formula is C19H24ClNO4. The summed E-state index contributed by atoms with van der Waals surface area (Å²) in [5.41, 5.74) is 0.518. The molecule has 4 aliphatic rings. The van der Waals surface area contributed by atoms with Crippen LogP contribution in [0.15, 0.2) is 24.8 Å². The molecule has 3 N–H and O–H groups in total. The number of hydrogen-bond acceptors (Lipinski definition) is 5. The molecular weight excluding hydrogens is 342 g/mol. The molecule has 136 valence electrons. The molecule has 1 aromatic carbocycles. The minimum atomic E-state index is -0.940. The Balaban J connectivity index is 0.00000157. The van der Waals surface area contributed by atoms with Crippen molar-refractivity contribution >= 4 is 12.4 Å². The van der Waals surface area contributed by atoms with Crippen molar-refractivity contribution in [1.29, 1.82) is 0 Å². The van der Waals surface area contributed by atoms with Gasteiger partial charge in [-0.05, 0) is 43.9 Å². The molecule has 1 saturated heterocycles. The molecule has 2 fully saturated rings. The van der Waals surface area contributed by atoms with E-state index in [0.29, 0.717) is 18.6 Å². The van der Waals surface area contributed by atoms with Gasteiger partial charge in [-0.25, -0.2) is 0 Å². The Morgan fingerprint density at radius 2 is 2.16 bits per heavy atom. The maximum Gasteiger partial charge on any atom is 0.165 e. The van der Waals surface area contributed by atoms with Crippen molar-refractivity contribution in [2.45, 2.75) is 54.9 Å². The third kappa shape index (κ3) is 1.80. The highest BCUT2D eigenvalue weighted by Crippen LogP contribution is 2.65. The van der Waals surface area contributed by atoms with E-state index in [0.717, 1.165) is 37.1 Å². The number of aliphatic hydroxyl groups is 2. The maximum absolute atomic E-state index is 11.9. The maximum atomic E-state index is 11.9. The quantitative estimate of drug-likeness (QED) is 0.693. The molecule has 2 aliphatic heterocycles. The second kappa shape index (κ2) is 5.36. The number of hydrogen-bond donors (Lipinski definition) is 3. The molecule has 0 unspecified atom stereocenters. The summed E-state index contributed by atoms with van der Waals surface area (Å²) in [4.78, 5) is 2.31. The van der Waals surface area contributed by atoms with Crippen LogP contribution >= 0.6 is 12.4 Å². The Morgan fingerprint density at radius 1 is 1.36 bits per heavy atom. The molecule has 0 aromatic heterocycles. The van der Waals surface area contributed by atoms with Gasteiger partial charge in [0.1, 0.15) is 6.10 Å². The molecule has 25 heavy (non-hydrogen) atoms. The van der Waals surface area contributed by atoms with E-state index in [1.54, 1.807) is 6.07 Å². The van der Waals surface area contributed by atoms with E-state index in [2.05, 4.69) is 11.5 Å². The summed E-state index contributed by atoms with van der Waals surface area (Å²) in [6.45, 7) is 5.44.